The molecular weight excluding hydrogens is 244 g/mol. The van der Waals surface area contributed by atoms with Crippen molar-refractivity contribution in [2.24, 2.45) is 0 Å². The van der Waals surface area contributed by atoms with Gasteiger partial charge in [0.1, 0.15) is 5.75 Å². The van der Waals surface area contributed by atoms with Crippen LogP contribution in [-0.4, -0.2) is 38.3 Å². The summed E-state index contributed by atoms with van der Waals surface area (Å²) in [4.78, 5) is 13.4. The summed E-state index contributed by atoms with van der Waals surface area (Å²) in [6.07, 6.45) is -0.664. The number of carbonyl (C=O) groups excluding carboxylic acids is 1. The Kier molecular flexibility index (Phi) is 5.63. The lowest BCUT2D eigenvalue weighted by Crippen LogP contribution is -2.35. The molecule has 1 amide bonds. The summed E-state index contributed by atoms with van der Waals surface area (Å²) in [6.45, 7) is 4.40. The molecular formula is C14H22N2O3. The van der Waals surface area contributed by atoms with Gasteiger partial charge in [-0.15, -0.1) is 0 Å². The maximum Gasteiger partial charge on any atom is 0.239 e. The minimum Gasteiger partial charge on any atom is -0.496 e. The van der Waals surface area contributed by atoms with Gasteiger partial charge in [0.2, 0.25) is 5.91 Å². The zero-order valence-electron chi connectivity index (χ0n) is 11.9. The highest BCUT2D eigenvalue weighted by Gasteiger charge is 2.17. The van der Waals surface area contributed by atoms with Crippen LogP contribution in [0.25, 0.3) is 0 Å². The van der Waals surface area contributed by atoms with Crippen LogP contribution in [0.4, 0.5) is 5.69 Å². The molecule has 1 rings (SSSR count). The number of benzene rings is 1. The molecule has 0 fully saturated rings. The predicted molar refractivity (Wildman–Crippen MR) is 75.6 cm³/mol. The fourth-order valence-electron chi connectivity index (χ4n) is 2.02. The second kappa shape index (κ2) is 6.99. The van der Waals surface area contributed by atoms with Crippen molar-refractivity contribution in [2.75, 3.05) is 32.1 Å². The first-order valence-corrected chi connectivity index (χ1v) is 6.34. The van der Waals surface area contributed by atoms with E-state index in [4.69, 9.17) is 4.74 Å². The number of hydrogen-bond donors (Lipinski definition) is 2. The topological polar surface area (TPSA) is 61.8 Å². The number of methoxy groups -OCH3 is 1. The van der Waals surface area contributed by atoms with E-state index in [9.17, 15) is 9.90 Å². The van der Waals surface area contributed by atoms with Gasteiger partial charge in [0.15, 0.2) is 0 Å². The molecule has 0 spiro atoms. The number of aliphatic hydroxyl groups is 1. The smallest absolute Gasteiger partial charge is 0.239 e. The van der Waals surface area contributed by atoms with E-state index in [-0.39, 0.29) is 12.5 Å². The Hall–Kier alpha value is -1.75. The third kappa shape index (κ3) is 3.86. The molecule has 0 aliphatic carbocycles. The highest BCUT2D eigenvalue weighted by atomic mass is 16.5. The molecule has 0 saturated heterocycles. The molecule has 19 heavy (non-hydrogen) atoms. The van der Waals surface area contributed by atoms with Gasteiger partial charge in [-0.25, -0.2) is 0 Å². The highest BCUT2D eigenvalue weighted by Crippen LogP contribution is 2.33. The van der Waals surface area contributed by atoms with Gasteiger partial charge in [0.05, 0.1) is 19.8 Å². The zero-order valence-corrected chi connectivity index (χ0v) is 11.9. The number of anilines is 1. The molecule has 106 valence electrons. The van der Waals surface area contributed by atoms with Crippen molar-refractivity contribution in [1.82, 2.24) is 5.32 Å². The van der Waals surface area contributed by atoms with E-state index in [2.05, 4.69) is 5.32 Å². The molecule has 1 aromatic carbocycles. The predicted octanol–water partition coefficient (Wildman–Crippen LogP) is 1.32. The maximum absolute atomic E-state index is 11.6. The first-order chi connectivity index (χ1) is 9.01. The number of carbonyl (C=O) groups is 1. The molecule has 1 atom stereocenters. The van der Waals surface area contributed by atoms with E-state index in [1.54, 1.807) is 25.0 Å². The van der Waals surface area contributed by atoms with Gasteiger partial charge in [-0.2, -0.15) is 0 Å². The molecule has 0 saturated carbocycles. The van der Waals surface area contributed by atoms with E-state index in [0.717, 1.165) is 5.69 Å². The van der Waals surface area contributed by atoms with Crippen LogP contribution < -0.4 is 15.0 Å². The summed E-state index contributed by atoms with van der Waals surface area (Å²) in [5.41, 5.74) is 1.48. The molecule has 0 aliphatic heterocycles. The van der Waals surface area contributed by atoms with Crippen LogP contribution >= 0.6 is 0 Å². The largest absolute Gasteiger partial charge is 0.496 e. The van der Waals surface area contributed by atoms with Gasteiger partial charge in [-0.3, -0.25) is 4.79 Å². The third-order valence-corrected chi connectivity index (χ3v) is 2.85. The van der Waals surface area contributed by atoms with E-state index in [0.29, 0.717) is 17.9 Å². The highest BCUT2D eigenvalue weighted by molar-refractivity contribution is 5.81. The van der Waals surface area contributed by atoms with Gasteiger partial charge < -0.3 is 20.1 Å². The minimum absolute atomic E-state index is 0.0515. The SMILES string of the molecule is CCNC(=O)CN(C)c1cccc(OC)c1C(C)O. The number of nitrogens with zero attached hydrogens (tertiary/aromatic N) is 1. The molecule has 1 unspecified atom stereocenters. The lowest BCUT2D eigenvalue weighted by atomic mass is 10.1. The second-order valence-electron chi connectivity index (χ2n) is 4.38. The van der Waals surface area contributed by atoms with Gasteiger partial charge in [0, 0.05) is 24.8 Å². The Bertz CT molecular complexity index is 433. The first-order valence-electron chi connectivity index (χ1n) is 6.34. The Morgan fingerprint density at radius 3 is 2.74 bits per heavy atom. The second-order valence-corrected chi connectivity index (χ2v) is 4.38. The van der Waals surface area contributed by atoms with E-state index in [1.165, 1.54) is 0 Å². The first kappa shape index (κ1) is 15.3. The Morgan fingerprint density at radius 1 is 1.53 bits per heavy atom. The summed E-state index contributed by atoms with van der Waals surface area (Å²) >= 11 is 0. The summed E-state index contributed by atoms with van der Waals surface area (Å²) in [5.74, 6) is 0.569. The number of ether oxygens (including phenoxy) is 1. The Balaban J connectivity index is 3.02. The van der Waals surface area contributed by atoms with E-state index in [1.807, 2.05) is 26.1 Å². The number of rotatable bonds is 6. The number of hydrogen-bond acceptors (Lipinski definition) is 4. The van der Waals surface area contributed by atoms with Gasteiger partial charge >= 0.3 is 0 Å². The lowest BCUT2D eigenvalue weighted by molar-refractivity contribution is -0.119. The number of likely N-dealkylation sites (N-methyl/N-ethyl adjacent to an activating group) is 2. The van der Waals surface area contributed by atoms with Crippen molar-refractivity contribution < 1.29 is 14.6 Å². The summed E-state index contributed by atoms with van der Waals surface area (Å²) in [5, 5.41) is 12.6. The molecule has 0 bridgehead atoms. The van der Waals surface area contributed by atoms with Crippen molar-refractivity contribution >= 4 is 11.6 Å². The quantitative estimate of drug-likeness (QED) is 0.815. The van der Waals surface area contributed by atoms with E-state index < -0.39 is 6.10 Å². The monoisotopic (exact) mass is 266 g/mol. The molecule has 2 N–H and O–H groups in total. The minimum atomic E-state index is -0.664. The van der Waals surface area contributed by atoms with Crippen LogP contribution in [0, 0.1) is 0 Å². The molecule has 0 heterocycles. The van der Waals surface area contributed by atoms with Crippen molar-refractivity contribution in [1.29, 1.82) is 0 Å². The normalized spacial score (nSPS) is 11.8. The molecule has 1 aromatic rings. The fraction of sp³-hybridized carbons (Fsp3) is 0.500. The van der Waals surface area contributed by atoms with Gasteiger partial charge in [0.25, 0.3) is 0 Å². The summed E-state index contributed by atoms with van der Waals surface area (Å²) in [7, 11) is 3.38. The van der Waals surface area contributed by atoms with Crippen LogP contribution in [0.1, 0.15) is 25.5 Å². The van der Waals surface area contributed by atoms with Crippen molar-refractivity contribution in [3.63, 3.8) is 0 Å². The molecule has 0 aromatic heterocycles. The summed E-state index contributed by atoms with van der Waals surface area (Å²) < 4.78 is 5.26. The Labute approximate surface area is 114 Å². The van der Waals surface area contributed by atoms with Crippen LogP contribution in [0.5, 0.6) is 5.75 Å². The van der Waals surface area contributed by atoms with Crippen LogP contribution in [-0.2, 0) is 4.79 Å². The molecule has 5 nitrogen and oxygen atoms in total. The average Bonchev–Trinajstić information content (AvgIpc) is 2.37. The van der Waals surface area contributed by atoms with Crippen LogP contribution in [0.3, 0.4) is 0 Å². The number of aliphatic hydroxyl groups excluding tert-OH is 1. The lowest BCUT2D eigenvalue weighted by Gasteiger charge is -2.24. The van der Waals surface area contributed by atoms with Crippen LogP contribution in [0.15, 0.2) is 18.2 Å². The van der Waals surface area contributed by atoms with Gasteiger partial charge in [-0.05, 0) is 26.0 Å². The average molecular weight is 266 g/mol. The fourth-order valence-corrected chi connectivity index (χ4v) is 2.02. The van der Waals surface area contributed by atoms with Crippen molar-refractivity contribution in [2.45, 2.75) is 20.0 Å². The third-order valence-electron chi connectivity index (χ3n) is 2.85. The molecule has 5 heteroatoms. The number of nitrogens with one attached hydrogen (secondary N) is 1. The molecule has 0 aliphatic rings. The Morgan fingerprint density at radius 2 is 2.21 bits per heavy atom. The van der Waals surface area contributed by atoms with Crippen LogP contribution in [0.2, 0.25) is 0 Å². The summed E-state index contributed by atoms with van der Waals surface area (Å²) in [6, 6.07) is 5.50. The van der Waals surface area contributed by atoms with Crippen molar-refractivity contribution in [3.8, 4) is 5.75 Å². The molecule has 0 radical (unpaired) electrons. The standard InChI is InChI=1S/C14H22N2O3/c1-5-15-13(18)9-16(3)11-7-6-8-12(19-4)14(11)10(2)17/h6-8,10,17H,5,9H2,1-4H3,(H,15,18). The maximum atomic E-state index is 11.6. The van der Waals surface area contributed by atoms with Gasteiger partial charge in [-0.1, -0.05) is 6.07 Å². The van der Waals surface area contributed by atoms with E-state index >= 15 is 0 Å². The number of amides is 1. The van der Waals surface area contributed by atoms with Crippen molar-refractivity contribution in [3.05, 3.63) is 23.8 Å². The zero-order chi connectivity index (χ0) is 14.4.